The number of aromatic nitrogens is 2. The van der Waals surface area contributed by atoms with Gasteiger partial charge >= 0.3 is 5.97 Å². The van der Waals surface area contributed by atoms with Crippen molar-refractivity contribution < 1.29 is 34.3 Å². The van der Waals surface area contributed by atoms with Crippen LogP contribution in [0.1, 0.15) is 18.7 Å². The minimum atomic E-state index is -1.60. The number of aldehydes is 1. The Labute approximate surface area is 218 Å². The molecule has 6 N–H and O–H groups in total. The lowest BCUT2D eigenvalue weighted by Gasteiger charge is -2.44. The normalized spacial score (nSPS) is 25.8. The molecule has 3 saturated heterocycles. The van der Waals surface area contributed by atoms with Gasteiger partial charge in [0.05, 0.1) is 0 Å². The molecule has 4 heterocycles. The van der Waals surface area contributed by atoms with Crippen molar-refractivity contribution in [2.24, 2.45) is 5.16 Å². The van der Waals surface area contributed by atoms with Gasteiger partial charge in [0.25, 0.3) is 11.8 Å². The molecule has 3 aliphatic heterocycles. The highest BCUT2D eigenvalue weighted by molar-refractivity contribution is 7.81. The van der Waals surface area contributed by atoms with E-state index in [-0.39, 0.29) is 40.3 Å². The lowest BCUT2D eigenvalue weighted by molar-refractivity contribution is -0.150. The standard InChI is InChI=1S/C20H22N8O7S2/c21-20-24-14(26-37-20)11(25-35)15(30)23-12-17(32)28(18(12)36)13(19(33)34)9(7-29)5-8-2-4-27(16(8)31)10-1-3-22-6-10/h5,7,10,12,18,22,35-36H,1-4,6H2,(H,23,30)(H,33,34)(H2,21,24,26)/b8-5+,13-9?,25-11-/t10-,12-,18-/m1/s1. The van der Waals surface area contributed by atoms with Gasteiger partial charge in [0.2, 0.25) is 17.4 Å². The highest BCUT2D eigenvalue weighted by Crippen LogP contribution is 2.31. The number of likely N-dealkylation sites (tertiary alicyclic amines) is 2. The third-order valence-electron chi connectivity index (χ3n) is 6.13. The minimum absolute atomic E-state index is 0.0115. The van der Waals surface area contributed by atoms with E-state index in [1.54, 1.807) is 4.90 Å². The summed E-state index contributed by atoms with van der Waals surface area (Å²) < 4.78 is 3.76. The van der Waals surface area contributed by atoms with Gasteiger partial charge in [-0.2, -0.15) is 22.0 Å². The molecule has 0 radical (unpaired) electrons. The molecule has 0 unspecified atom stereocenters. The molecule has 15 nitrogen and oxygen atoms in total. The molecule has 3 atom stereocenters. The van der Waals surface area contributed by atoms with E-state index in [1.165, 1.54) is 6.08 Å². The molecule has 0 aromatic carbocycles. The van der Waals surface area contributed by atoms with Gasteiger partial charge in [0, 0.05) is 41.8 Å². The first-order valence-electron chi connectivity index (χ1n) is 11.0. The van der Waals surface area contributed by atoms with Crippen molar-refractivity contribution >= 4 is 65.0 Å². The van der Waals surface area contributed by atoms with Gasteiger partial charge in [-0.3, -0.25) is 24.1 Å². The number of anilines is 1. The van der Waals surface area contributed by atoms with Crippen LogP contribution in [0.25, 0.3) is 0 Å². The summed E-state index contributed by atoms with van der Waals surface area (Å²) in [6.45, 7) is 1.88. The molecule has 1 aromatic rings. The van der Waals surface area contributed by atoms with Crippen LogP contribution in [0.2, 0.25) is 0 Å². The summed E-state index contributed by atoms with van der Waals surface area (Å²) in [5.41, 5.74) is 4.02. The Morgan fingerprint density at radius 3 is 2.65 bits per heavy atom. The first kappa shape index (κ1) is 26.2. The number of nitrogens with zero attached hydrogens (tertiary/aromatic N) is 5. The van der Waals surface area contributed by atoms with Crippen molar-refractivity contribution in [3.05, 3.63) is 28.7 Å². The van der Waals surface area contributed by atoms with E-state index in [0.29, 0.717) is 19.5 Å². The molecule has 37 heavy (non-hydrogen) atoms. The van der Waals surface area contributed by atoms with E-state index in [0.717, 1.165) is 29.4 Å². The molecule has 3 fully saturated rings. The van der Waals surface area contributed by atoms with Crippen LogP contribution in [0.3, 0.4) is 0 Å². The van der Waals surface area contributed by atoms with Gasteiger partial charge in [-0.15, -0.1) is 0 Å². The Balaban J connectivity index is 1.54. The van der Waals surface area contributed by atoms with E-state index in [9.17, 15) is 34.3 Å². The van der Waals surface area contributed by atoms with Crippen molar-refractivity contribution in [2.45, 2.75) is 30.3 Å². The Morgan fingerprint density at radius 2 is 2.11 bits per heavy atom. The number of β-lactam (4-membered cyclic amide) rings is 1. The number of aliphatic carboxylic acids is 1. The van der Waals surface area contributed by atoms with Crippen molar-refractivity contribution in [3.63, 3.8) is 0 Å². The molecular formula is C20H22N8O7S2. The van der Waals surface area contributed by atoms with Crippen LogP contribution in [0.5, 0.6) is 0 Å². The summed E-state index contributed by atoms with van der Waals surface area (Å²) in [5.74, 6) is -4.09. The molecule has 3 aliphatic rings. The van der Waals surface area contributed by atoms with Crippen LogP contribution < -0.4 is 16.4 Å². The van der Waals surface area contributed by atoms with Crippen molar-refractivity contribution in [1.82, 2.24) is 29.8 Å². The number of carboxylic acid groups (broad SMARTS) is 1. The summed E-state index contributed by atoms with van der Waals surface area (Å²) in [4.78, 5) is 68.3. The van der Waals surface area contributed by atoms with E-state index in [1.807, 2.05) is 0 Å². The zero-order chi connectivity index (χ0) is 26.9. The Bertz CT molecular complexity index is 1250. The van der Waals surface area contributed by atoms with Gasteiger partial charge in [-0.25, -0.2) is 4.79 Å². The second-order valence-corrected chi connectivity index (χ2v) is 9.58. The first-order chi connectivity index (χ1) is 17.7. The second kappa shape index (κ2) is 10.7. The second-order valence-electron chi connectivity index (χ2n) is 8.27. The molecule has 0 aliphatic carbocycles. The molecule has 3 amide bonds. The highest BCUT2D eigenvalue weighted by Gasteiger charge is 2.51. The maximum atomic E-state index is 12.9. The Hall–Kier alpha value is -3.83. The van der Waals surface area contributed by atoms with Crippen molar-refractivity contribution in [2.75, 3.05) is 25.4 Å². The zero-order valence-electron chi connectivity index (χ0n) is 19.0. The number of thiol groups is 1. The van der Waals surface area contributed by atoms with E-state index in [4.69, 9.17) is 5.73 Å². The fourth-order valence-electron chi connectivity index (χ4n) is 4.32. The number of amides is 3. The summed E-state index contributed by atoms with van der Waals surface area (Å²) in [5, 5.41) is 26.1. The highest BCUT2D eigenvalue weighted by atomic mass is 32.1. The average molecular weight is 551 g/mol. The average Bonchev–Trinajstić information content (AvgIpc) is 3.62. The number of hydrogen-bond donors (Lipinski definition) is 6. The van der Waals surface area contributed by atoms with Crippen LogP contribution in [0.4, 0.5) is 5.13 Å². The minimum Gasteiger partial charge on any atom is -0.477 e. The number of nitrogen functional groups attached to an aromatic ring is 1. The Morgan fingerprint density at radius 1 is 1.35 bits per heavy atom. The van der Waals surface area contributed by atoms with Crippen LogP contribution in [0.15, 0.2) is 28.1 Å². The number of oxime groups is 1. The van der Waals surface area contributed by atoms with Gasteiger partial charge in [0.1, 0.15) is 17.1 Å². The van der Waals surface area contributed by atoms with Crippen LogP contribution in [-0.2, 0) is 24.0 Å². The van der Waals surface area contributed by atoms with E-state index < -0.39 is 40.6 Å². The van der Waals surface area contributed by atoms with E-state index >= 15 is 0 Å². The summed E-state index contributed by atoms with van der Waals surface area (Å²) in [6, 6.07) is -1.30. The quantitative estimate of drug-likeness (QED) is 0.0393. The number of carbonyl (C=O) groups excluding carboxylic acids is 4. The number of allylic oxidation sites excluding steroid dienone is 2. The molecule has 1 aromatic heterocycles. The zero-order valence-corrected chi connectivity index (χ0v) is 20.7. The van der Waals surface area contributed by atoms with Crippen molar-refractivity contribution in [3.8, 4) is 0 Å². The number of nitrogens with one attached hydrogen (secondary N) is 2. The summed E-state index contributed by atoms with van der Waals surface area (Å²) in [7, 11) is 0. The van der Waals surface area contributed by atoms with Crippen molar-refractivity contribution in [1.29, 1.82) is 0 Å². The third-order valence-corrected chi connectivity index (χ3v) is 7.20. The molecule has 0 bridgehead atoms. The third kappa shape index (κ3) is 4.92. The summed E-state index contributed by atoms with van der Waals surface area (Å²) >= 11 is 4.98. The van der Waals surface area contributed by atoms with E-state index in [2.05, 4.69) is 37.8 Å². The maximum Gasteiger partial charge on any atom is 0.353 e. The predicted octanol–water partition coefficient (Wildman–Crippen LogP) is -2.06. The number of hydrogen-bond acceptors (Lipinski definition) is 13. The number of nitrogens with two attached hydrogens (primary N) is 1. The van der Waals surface area contributed by atoms with Gasteiger partial charge < -0.3 is 31.6 Å². The molecule has 4 rings (SSSR count). The number of rotatable bonds is 8. The SMILES string of the molecule is Nc1nc(/C(=N/O)C(=O)N[C@@H]2C(=O)N(C(C(=O)O)=C(C=O)/C=C3\CCN([C@@H]4CCNC4)C3=O)[C@@H]2S)ns1. The lowest BCUT2D eigenvalue weighted by atomic mass is 10.0. The Kier molecular flexibility index (Phi) is 7.55. The lowest BCUT2D eigenvalue weighted by Crippen LogP contribution is -2.69. The van der Waals surface area contributed by atoms with Crippen LogP contribution >= 0.6 is 24.2 Å². The fraction of sp³-hybridized carbons (Fsp3) is 0.400. The molecule has 196 valence electrons. The molecule has 0 saturated carbocycles. The first-order valence-corrected chi connectivity index (χ1v) is 12.3. The smallest absolute Gasteiger partial charge is 0.353 e. The topological polar surface area (TPSA) is 221 Å². The van der Waals surface area contributed by atoms with Crippen LogP contribution in [-0.4, -0.2) is 102 Å². The van der Waals surface area contributed by atoms with Crippen LogP contribution in [0, 0.1) is 0 Å². The number of carboxylic acids is 1. The number of carbonyl (C=O) groups is 5. The molecular weight excluding hydrogens is 528 g/mol. The maximum absolute atomic E-state index is 12.9. The fourth-order valence-corrected chi connectivity index (χ4v) is 5.19. The largest absolute Gasteiger partial charge is 0.477 e. The monoisotopic (exact) mass is 550 g/mol. The molecule has 17 heteroatoms. The van der Waals surface area contributed by atoms with Gasteiger partial charge in [0.15, 0.2) is 11.4 Å². The summed E-state index contributed by atoms with van der Waals surface area (Å²) in [6.07, 6.45) is 2.53. The van der Waals surface area contributed by atoms with Gasteiger partial charge in [-0.05, 0) is 25.5 Å². The van der Waals surface area contributed by atoms with Gasteiger partial charge in [-0.1, -0.05) is 5.16 Å². The molecule has 0 spiro atoms. The predicted molar refractivity (Wildman–Crippen MR) is 131 cm³/mol.